The Labute approximate surface area is 146 Å². The molecule has 1 atom stereocenters. The molecule has 2 aliphatic heterocycles. The smallest absolute Gasteiger partial charge is 0.265 e. The predicted molar refractivity (Wildman–Crippen MR) is 96.0 cm³/mol. The molecule has 4 rings (SSSR count). The number of anilines is 2. The van der Waals surface area contributed by atoms with E-state index in [9.17, 15) is 9.59 Å². The van der Waals surface area contributed by atoms with Gasteiger partial charge in [-0.1, -0.05) is 24.3 Å². The van der Waals surface area contributed by atoms with E-state index in [2.05, 4.69) is 11.4 Å². The van der Waals surface area contributed by atoms with Gasteiger partial charge in [0.15, 0.2) is 6.10 Å². The maximum atomic E-state index is 12.8. The van der Waals surface area contributed by atoms with Crippen molar-refractivity contribution in [2.75, 3.05) is 16.8 Å². The lowest BCUT2D eigenvalue weighted by atomic mass is 10.0. The van der Waals surface area contributed by atoms with Crippen LogP contribution in [0.5, 0.6) is 5.75 Å². The second-order valence-corrected chi connectivity index (χ2v) is 6.53. The Bertz CT molecular complexity index is 847. The second kappa shape index (κ2) is 6.24. The summed E-state index contributed by atoms with van der Waals surface area (Å²) in [6.07, 6.45) is 1.80. The molecule has 0 saturated heterocycles. The second-order valence-electron chi connectivity index (χ2n) is 6.53. The lowest BCUT2D eigenvalue weighted by molar-refractivity contribution is -0.122. The minimum atomic E-state index is -0.496. The first-order valence-corrected chi connectivity index (χ1v) is 8.60. The molecule has 2 amide bonds. The summed E-state index contributed by atoms with van der Waals surface area (Å²) < 4.78 is 5.56. The van der Waals surface area contributed by atoms with E-state index in [0.717, 1.165) is 30.6 Å². The highest BCUT2D eigenvalue weighted by Crippen LogP contribution is 2.31. The third-order valence-electron chi connectivity index (χ3n) is 4.74. The minimum absolute atomic E-state index is 0.0727. The van der Waals surface area contributed by atoms with Crippen molar-refractivity contribution in [2.24, 2.45) is 0 Å². The van der Waals surface area contributed by atoms with Crippen LogP contribution in [0.4, 0.5) is 11.4 Å². The molecular weight excluding hydrogens is 316 g/mol. The van der Waals surface area contributed by atoms with Crippen molar-refractivity contribution in [3.05, 3.63) is 53.6 Å². The number of carbonyl (C=O) groups is 2. The number of ether oxygens (including phenoxy) is 1. The fourth-order valence-corrected chi connectivity index (χ4v) is 3.43. The first kappa shape index (κ1) is 15.7. The van der Waals surface area contributed by atoms with E-state index in [1.807, 2.05) is 41.3 Å². The highest BCUT2D eigenvalue weighted by molar-refractivity contribution is 5.98. The van der Waals surface area contributed by atoms with Crippen LogP contribution in [0.15, 0.2) is 42.5 Å². The summed E-state index contributed by atoms with van der Waals surface area (Å²) in [5.41, 5.74) is 3.74. The first-order valence-electron chi connectivity index (χ1n) is 8.60. The molecule has 128 valence electrons. The first-order chi connectivity index (χ1) is 12.1. The van der Waals surface area contributed by atoms with Crippen LogP contribution in [0, 0.1) is 0 Å². The number of rotatable bonds is 2. The predicted octanol–water partition coefficient (Wildman–Crippen LogP) is 2.93. The summed E-state index contributed by atoms with van der Waals surface area (Å²) in [4.78, 5) is 26.5. The standard InChI is InChI=1S/C20H20N2O3/c1-13-20(24)21-16-11-14(8-9-18(16)25-13)12-19(23)22-10-4-6-15-5-2-3-7-17(15)22/h2-3,5,7-9,11,13H,4,6,10,12H2,1H3,(H,21,24). The summed E-state index contributed by atoms with van der Waals surface area (Å²) in [7, 11) is 0. The Hall–Kier alpha value is -2.82. The molecular formula is C20H20N2O3. The molecule has 0 radical (unpaired) electrons. The lowest BCUT2D eigenvalue weighted by Gasteiger charge is -2.29. The molecule has 1 unspecified atom stereocenters. The van der Waals surface area contributed by atoms with Crippen molar-refractivity contribution in [2.45, 2.75) is 32.3 Å². The van der Waals surface area contributed by atoms with Gasteiger partial charge < -0.3 is 15.0 Å². The number of hydrogen-bond donors (Lipinski definition) is 1. The average Bonchev–Trinajstić information content (AvgIpc) is 2.62. The molecule has 2 aliphatic rings. The number of amides is 2. The average molecular weight is 336 g/mol. The quantitative estimate of drug-likeness (QED) is 0.917. The zero-order valence-corrected chi connectivity index (χ0v) is 14.1. The molecule has 2 aromatic rings. The van der Waals surface area contributed by atoms with Gasteiger partial charge >= 0.3 is 0 Å². The van der Waals surface area contributed by atoms with Gasteiger partial charge in [-0.2, -0.15) is 0 Å². The van der Waals surface area contributed by atoms with Crippen LogP contribution in [-0.4, -0.2) is 24.5 Å². The minimum Gasteiger partial charge on any atom is -0.479 e. The highest BCUT2D eigenvalue weighted by atomic mass is 16.5. The summed E-state index contributed by atoms with van der Waals surface area (Å²) in [5.74, 6) is 0.552. The number of nitrogens with zero attached hydrogens (tertiary/aromatic N) is 1. The lowest BCUT2D eigenvalue weighted by Crippen LogP contribution is -2.36. The van der Waals surface area contributed by atoms with Crippen molar-refractivity contribution in [1.29, 1.82) is 0 Å². The molecule has 0 fully saturated rings. The molecule has 25 heavy (non-hydrogen) atoms. The molecule has 1 N–H and O–H groups in total. The maximum absolute atomic E-state index is 12.8. The van der Waals surface area contributed by atoms with Crippen LogP contribution in [-0.2, 0) is 22.4 Å². The van der Waals surface area contributed by atoms with Crippen molar-refractivity contribution in [3.8, 4) is 5.75 Å². The Balaban J connectivity index is 1.54. The van der Waals surface area contributed by atoms with E-state index in [1.54, 1.807) is 6.92 Å². The molecule has 0 saturated carbocycles. The number of aryl methyl sites for hydroxylation is 1. The topological polar surface area (TPSA) is 58.6 Å². The largest absolute Gasteiger partial charge is 0.479 e. The summed E-state index contributed by atoms with van der Waals surface area (Å²) >= 11 is 0. The van der Waals surface area contributed by atoms with E-state index in [-0.39, 0.29) is 11.8 Å². The number of hydrogen-bond acceptors (Lipinski definition) is 3. The Morgan fingerprint density at radius 2 is 2.12 bits per heavy atom. The van der Waals surface area contributed by atoms with Crippen LogP contribution < -0.4 is 15.0 Å². The molecule has 0 bridgehead atoms. The SMILES string of the molecule is CC1Oc2ccc(CC(=O)N3CCCc4ccccc43)cc2NC1=O. The molecule has 0 spiro atoms. The zero-order chi connectivity index (χ0) is 17.4. The number of carbonyl (C=O) groups excluding carboxylic acids is 2. The van der Waals surface area contributed by atoms with Gasteiger partial charge in [0.25, 0.3) is 5.91 Å². The number of fused-ring (bicyclic) bond motifs is 2. The van der Waals surface area contributed by atoms with Gasteiger partial charge in [0.1, 0.15) is 5.75 Å². The molecule has 5 nitrogen and oxygen atoms in total. The zero-order valence-electron chi connectivity index (χ0n) is 14.1. The van der Waals surface area contributed by atoms with Gasteiger partial charge in [-0.05, 0) is 49.1 Å². The van der Waals surface area contributed by atoms with Crippen molar-refractivity contribution in [1.82, 2.24) is 0 Å². The van der Waals surface area contributed by atoms with Gasteiger partial charge in [0.05, 0.1) is 12.1 Å². The van der Waals surface area contributed by atoms with Crippen LogP contribution >= 0.6 is 0 Å². The van der Waals surface area contributed by atoms with Crippen LogP contribution in [0.3, 0.4) is 0 Å². The van der Waals surface area contributed by atoms with Gasteiger partial charge in [0, 0.05) is 12.2 Å². The molecule has 2 heterocycles. The van der Waals surface area contributed by atoms with Crippen molar-refractivity contribution < 1.29 is 14.3 Å². The Morgan fingerprint density at radius 1 is 1.28 bits per heavy atom. The van der Waals surface area contributed by atoms with Gasteiger partial charge in [-0.15, -0.1) is 0 Å². The van der Waals surface area contributed by atoms with E-state index in [1.165, 1.54) is 5.56 Å². The van der Waals surface area contributed by atoms with Gasteiger partial charge in [-0.25, -0.2) is 0 Å². The van der Waals surface area contributed by atoms with E-state index < -0.39 is 6.10 Å². The summed E-state index contributed by atoms with van der Waals surface area (Å²) in [5, 5.41) is 2.83. The molecule has 0 aromatic heterocycles. The summed E-state index contributed by atoms with van der Waals surface area (Å²) in [6, 6.07) is 13.6. The van der Waals surface area contributed by atoms with Crippen LogP contribution in [0.1, 0.15) is 24.5 Å². The highest BCUT2D eigenvalue weighted by Gasteiger charge is 2.25. The normalized spacial score (nSPS) is 18.7. The summed E-state index contributed by atoms with van der Waals surface area (Å²) in [6.45, 7) is 2.46. The maximum Gasteiger partial charge on any atom is 0.265 e. The van der Waals surface area contributed by atoms with Crippen molar-refractivity contribution in [3.63, 3.8) is 0 Å². The number of nitrogens with one attached hydrogen (secondary N) is 1. The van der Waals surface area contributed by atoms with E-state index in [0.29, 0.717) is 17.9 Å². The number of para-hydroxylation sites is 1. The Kier molecular flexibility index (Phi) is 3.92. The molecule has 2 aromatic carbocycles. The monoisotopic (exact) mass is 336 g/mol. The molecule has 0 aliphatic carbocycles. The van der Waals surface area contributed by atoms with Gasteiger partial charge in [0.2, 0.25) is 5.91 Å². The van der Waals surface area contributed by atoms with Crippen LogP contribution in [0.2, 0.25) is 0 Å². The fourth-order valence-electron chi connectivity index (χ4n) is 3.43. The van der Waals surface area contributed by atoms with E-state index >= 15 is 0 Å². The Morgan fingerprint density at radius 3 is 3.00 bits per heavy atom. The fraction of sp³-hybridized carbons (Fsp3) is 0.300. The van der Waals surface area contributed by atoms with Crippen LogP contribution in [0.25, 0.3) is 0 Å². The molecule has 5 heteroatoms. The third kappa shape index (κ3) is 2.97. The van der Waals surface area contributed by atoms with Crippen molar-refractivity contribution >= 4 is 23.2 Å². The van der Waals surface area contributed by atoms with E-state index in [4.69, 9.17) is 4.74 Å². The number of benzene rings is 2. The van der Waals surface area contributed by atoms with Gasteiger partial charge in [-0.3, -0.25) is 9.59 Å². The third-order valence-corrected chi connectivity index (χ3v) is 4.74.